The minimum atomic E-state index is -3.51. The molecule has 0 heterocycles. The van der Waals surface area contributed by atoms with Crippen LogP contribution in [0, 0.1) is 11.8 Å². The van der Waals surface area contributed by atoms with Crippen molar-refractivity contribution in [1.82, 2.24) is 4.31 Å². The van der Waals surface area contributed by atoms with E-state index in [1.54, 1.807) is 12.1 Å². The minimum absolute atomic E-state index is 0.205. The first-order valence-electron chi connectivity index (χ1n) is 6.88. The molecule has 0 bridgehead atoms. The van der Waals surface area contributed by atoms with Crippen molar-refractivity contribution in [2.75, 3.05) is 26.7 Å². The monoisotopic (exact) mass is 310 g/mol. The summed E-state index contributed by atoms with van der Waals surface area (Å²) in [5.74, 6) is 6.09. The van der Waals surface area contributed by atoms with Crippen LogP contribution in [-0.2, 0) is 10.0 Å². The number of hydrogen-bond donors (Lipinski definition) is 1. The molecule has 21 heavy (non-hydrogen) atoms. The average Bonchev–Trinajstić information content (AvgIpc) is 2.49. The van der Waals surface area contributed by atoms with Gasteiger partial charge in [0.2, 0.25) is 10.0 Å². The van der Waals surface area contributed by atoms with Gasteiger partial charge in [0.1, 0.15) is 5.75 Å². The first-order valence-corrected chi connectivity index (χ1v) is 8.32. The maximum atomic E-state index is 12.6. The predicted octanol–water partition coefficient (Wildman–Crippen LogP) is 1.43. The molecule has 1 rings (SSSR count). The largest absolute Gasteiger partial charge is 0.495 e. The van der Waals surface area contributed by atoms with Gasteiger partial charge in [0, 0.05) is 13.1 Å². The fraction of sp³-hybridized carbons (Fsp3) is 0.467. The summed E-state index contributed by atoms with van der Waals surface area (Å²) in [5, 5.41) is 0. The van der Waals surface area contributed by atoms with Gasteiger partial charge in [-0.3, -0.25) is 0 Å². The number of methoxy groups -OCH3 is 1. The summed E-state index contributed by atoms with van der Waals surface area (Å²) in [5.41, 5.74) is 5.88. The van der Waals surface area contributed by atoms with Gasteiger partial charge in [-0.05, 0) is 24.6 Å². The summed E-state index contributed by atoms with van der Waals surface area (Å²) in [6, 6.07) is 4.70. The van der Waals surface area contributed by atoms with Gasteiger partial charge in [-0.2, -0.15) is 4.31 Å². The van der Waals surface area contributed by atoms with Crippen LogP contribution in [0.1, 0.15) is 25.8 Å². The van der Waals surface area contributed by atoms with Crippen LogP contribution in [0.15, 0.2) is 23.1 Å². The molecular formula is C15H22N2O3S. The van der Waals surface area contributed by atoms with E-state index in [1.165, 1.54) is 17.5 Å². The van der Waals surface area contributed by atoms with Crippen molar-refractivity contribution in [3.63, 3.8) is 0 Å². The Labute approximate surface area is 127 Å². The molecule has 0 radical (unpaired) electrons. The molecule has 6 heteroatoms. The van der Waals surface area contributed by atoms with E-state index in [-0.39, 0.29) is 11.4 Å². The summed E-state index contributed by atoms with van der Waals surface area (Å²) < 4.78 is 31.8. The van der Waals surface area contributed by atoms with Gasteiger partial charge in [-0.25, -0.2) is 8.42 Å². The number of rotatable bonds is 6. The number of sulfonamides is 1. The van der Waals surface area contributed by atoms with E-state index in [9.17, 15) is 8.42 Å². The maximum absolute atomic E-state index is 12.6. The van der Waals surface area contributed by atoms with Crippen LogP contribution < -0.4 is 10.5 Å². The van der Waals surface area contributed by atoms with Crippen molar-refractivity contribution in [2.45, 2.75) is 25.2 Å². The quantitative estimate of drug-likeness (QED) is 0.807. The Kier molecular flexibility index (Phi) is 6.69. The van der Waals surface area contributed by atoms with E-state index in [1.807, 2.05) is 13.8 Å². The van der Waals surface area contributed by atoms with Crippen LogP contribution in [-0.4, -0.2) is 39.5 Å². The lowest BCUT2D eigenvalue weighted by molar-refractivity contribution is 0.412. The molecule has 1 aromatic rings. The summed E-state index contributed by atoms with van der Waals surface area (Å²) in [6.07, 6.45) is 0.767. The van der Waals surface area contributed by atoms with Crippen LogP contribution in [0.25, 0.3) is 0 Å². The van der Waals surface area contributed by atoms with E-state index in [4.69, 9.17) is 10.5 Å². The Morgan fingerprint density at radius 3 is 2.57 bits per heavy atom. The van der Waals surface area contributed by atoms with Crippen LogP contribution in [0.4, 0.5) is 0 Å². The number of nitrogens with two attached hydrogens (primary N) is 1. The Balaban J connectivity index is 3.30. The Hall–Kier alpha value is -1.55. The van der Waals surface area contributed by atoms with E-state index >= 15 is 0 Å². The fourth-order valence-corrected chi connectivity index (χ4v) is 3.51. The van der Waals surface area contributed by atoms with Crippen molar-refractivity contribution in [1.29, 1.82) is 0 Å². The Morgan fingerprint density at radius 2 is 2.05 bits per heavy atom. The highest BCUT2D eigenvalue weighted by atomic mass is 32.2. The normalized spacial score (nSPS) is 11.1. The van der Waals surface area contributed by atoms with Crippen molar-refractivity contribution < 1.29 is 13.2 Å². The zero-order valence-electron chi connectivity index (χ0n) is 12.7. The smallest absolute Gasteiger partial charge is 0.243 e. The molecule has 0 saturated carbocycles. The third-order valence-corrected chi connectivity index (χ3v) is 4.93. The van der Waals surface area contributed by atoms with Crippen LogP contribution in [0.2, 0.25) is 0 Å². The SMILES string of the molecule is CCCN(CC)S(=O)(=O)c1ccc(OC)c(C#CCN)c1. The van der Waals surface area contributed by atoms with Gasteiger partial charge in [0.15, 0.2) is 0 Å². The van der Waals surface area contributed by atoms with Crippen molar-refractivity contribution in [2.24, 2.45) is 5.73 Å². The molecule has 0 aliphatic carbocycles. The Bertz CT molecular complexity index is 630. The third-order valence-electron chi connectivity index (χ3n) is 2.96. The maximum Gasteiger partial charge on any atom is 0.243 e. The highest BCUT2D eigenvalue weighted by molar-refractivity contribution is 7.89. The van der Waals surface area contributed by atoms with Gasteiger partial charge >= 0.3 is 0 Å². The van der Waals surface area contributed by atoms with Crippen molar-refractivity contribution in [3.8, 4) is 17.6 Å². The molecule has 0 saturated heterocycles. The molecule has 0 atom stereocenters. The highest BCUT2D eigenvalue weighted by Gasteiger charge is 2.23. The Morgan fingerprint density at radius 1 is 1.33 bits per heavy atom. The molecule has 1 aromatic carbocycles. The number of benzene rings is 1. The summed E-state index contributed by atoms with van der Waals surface area (Å²) >= 11 is 0. The van der Waals surface area contributed by atoms with Gasteiger partial charge < -0.3 is 10.5 Å². The molecule has 0 spiro atoms. The summed E-state index contributed by atoms with van der Waals surface area (Å²) in [4.78, 5) is 0.222. The molecule has 0 aliphatic heterocycles. The van der Waals surface area contributed by atoms with Crippen LogP contribution >= 0.6 is 0 Å². The second-order valence-electron chi connectivity index (χ2n) is 4.36. The highest BCUT2D eigenvalue weighted by Crippen LogP contribution is 2.24. The van der Waals surface area contributed by atoms with E-state index in [0.29, 0.717) is 24.4 Å². The predicted molar refractivity (Wildman–Crippen MR) is 83.7 cm³/mol. The lowest BCUT2D eigenvalue weighted by Crippen LogP contribution is -2.31. The molecular weight excluding hydrogens is 288 g/mol. The van der Waals surface area contributed by atoms with Crippen molar-refractivity contribution in [3.05, 3.63) is 23.8 Å². The molecule has 116 valence electrons. The van der Waals surface area contributed by atoms with E-state index in [0.717, 1.165) is 6.42 Å². The molecule has 0 amide bonds. The number of nitrogens with zero attached hydrogens (tertiary/aromatic N) is 1. The number of hydrogen-bond acceptors (Lipinski definition) is 4. The zero-order chi connectivity index (χ0) is 15.9. The molecule has 0 aliphatic rings. The average molecular weight is 310 g/mol. The standard InChI is InChI=1S/C15H22N2O3S/c1-4-11-17(5-2)21(18,19)14-8-9-15(20-3)13(12-14)7-6-10-16/h8-9,12H,4-5,10-11,16H2,1-3H3. The second kappa shape index (κ2) is 8.03. The van der Waals surface area contributed by atoms with Crippen LogP contribution in [0.5, 0.6) is 5.75 Å². The lowest BCUT2D eigenvalue weighted by Gasteiger charge is -2.20. The first-order chi connectivity index (χ1) is 10.0. The lowest BCUT2D eigenvalue weighted by atomic mass is 10.2. The van der Waals surface area contributed by atoms with Gasteiger partial charge in [-0.1, -0.05) is 25.7 Å². The summed E-state index contributed by atoms with van der Waals surface area (Å²) in [7, 11) is -1.99. The minimum Gasteiger partial charge on any atom is -0.495 e. The topological polar surface area (TPSA) is 72.6 Å². The van der Waals surface area contributed by atoms with Crippen molar-refractivity contribution >= 4 is 10.0 Å². The zero-order valence-corrected chi connectivity index (χ0v) is 13.5. The molecule has 5 nitrogen and oxygen atoms in total. The van der Waals surface area contributed by atoms with E-state index < -0.39 is 10.0 Å². The second-order valence-corrected chi connectivity index (χ2v) is 6.30. The van der Waals surface area contributed by atoms with Gasteiger partial charge in [-0.15, -0.1) is 0 Å². The fourth-order valence-electron chi connectivity index (χ4n) is 1.94. The number of ether oxygens (including phenoxy) is 1. The molecule has 0 aromatic heterocycles. The first kappa shape index (κ1) is 17.5. The third kappa shape index (κ3) is 4.21. The van der Waals surface area contributed by atoms with Gasteiger partial charge in [0.05, 0.1) is 24.1 Å². The molecule has 0 fully saturated rings. The molecule has 2 N–H and O–H groups in total. The summed E-state index contributed by atoms with van der Waals surface area (Å²) in [6.45, 7) is 4.91. The van der Waals surface area contributed by atoms with Crippen LogP contribution in [0.3, 0.4) is 0 Å². The van der Waals surface area contributed by atoms with E-state index in [2.05, 4.69) is 11.8 Å². The van der Waals surface area contributed by atoms with Gasteiger partial charge in [0.25, 0.3) is 0 Å². The molecule has 0 unspecified atom stereocenters.